The summed E-state index contributed by atoms with van der Waals surface area (Å²) < 4.78 is 21.1. The summed E-state index contributed by atoms with van der Waals surface area (Å²) in [4.78, 5) is 0. The van der Waals surface area contributed by atoms with E-state index < -0.39 is 0 Å². The average Bonchev–Trinajstić information content (AvgIpc) is 2.61. The Balaban J connectivity index is 2.41. The molecule has 0 fully saturated rings. The minimum atomic E-state index is 0.499. The van der Waals surface area contributed by atoms with Gasteiger partial charge in [-0.2, -0.15) is 5.11 Å². The van der Waals surface area contributed by atoms with Gasteiger partial charge in [0.2, 0.25) is 5.75 Å². The Morgan fingerprint density at radius 3 is 1.88 bits per heavy atom. The molecule has 2 rings (SSSR count). The first-order valence-electron chi connectivity index (χ1n) is 7.20. The van der Waals surface area contributed by atoms with Gasteiger partial charge in [-0.05, 0) is 19.1 Å². The van der Waals surface area contributed by atoms with E-state index in [2.05, 4.69) is 10.2 Å². The Bertz CT molecular complexity index is 735. The number of hydrogen-bond donors (Lipinski definition) is 1. The van der Waals surface area contributed by atoms with Crippen LogP contribution in [0.3, 0.4) is 0 Å². The van der Waals surface area contributed by atoms with Crippen LogP contribution in [0.15, 0.2) is 34.5 Å². The summed E-state index contributed by atoms with van der Waals surface area (Å²) in [5.41, 5.74) is 8.53. The molecule has 128 valence electrons. The molecule has 0 saturated carbocycles. The predicted octanol–water partition coefficient (Wildman–Crippen LogP) is 4.03. The van der Waals surface area contributed by atoms with Crippen molar-refractivity contribution >= 4 is 17.1 Å². The van der Waals surface area contributed by atoms with Crippen molar-refractivity contribution in [1.82, 2.24) is 0 Å². The van der Waals surface area contributed by atoms with Crippen molar-refractivity contribution in [3.63, 3.8) is 0 Å². The smallest absolute Gasteiger partial charge is 0.203 e. The standard InChI is InChI=1S/C17H21N3O4/c1-10-13(21-2)7-6-12(16(10)18)20-19-11-8-14(22-3)17(24-5)15(9-11)23-4/h6-9H,18H2,1-5H3. The molecule has 2 aromatic carbocycles. The van der Waals surface area contributed by atoms with Crippen LogP contribution in [0.2, 0.25) is 0 Å². The first-order chi connectivity index (χ1) is 11.5. The van der Waals surface area contributed by atoms with Crippen LogP contribution >= 0.6 is 0 Å². The lowest BCUT2D eigenvalue weighted by atomic mass is 10.1. The van der Waals surface area contributed by atoms with Crippen molar-refractivity contribution in [2.75, 3.05) is 34.2 Å². The lowest BCUT2D eigenvalue weighted by molar-refractivity contribution is 0.324. The molecule has 7 heteroatoms. The summed E-state index contributed by atoms with van der Waals surface area (Å²) in [5.74, 6) is 2.22. The van der Waals surface area contributed by atoms with Crippen LogP contribution in [0.5, 0.6) is 23.0 Å². The van der Waals surface area contributed by atoms with E-state index in [1.54, 1.807) is 52.7 Å². The normalized spacial score (nSPS) is 10.7. The number of nitrogens with two attached hydrogens (primary N) is 1. The Labute approximate surface area is 141 Å². The molecule has 2 aromatic rings. The molecule has 0 atom stereocenters. The minimum absolute atomic E-state index is 0.499. The molecule has 0 aliphatic heterocycles. The van der Waals surface area contributed by atoms with Crippen LogP contribution in [0.1, 0.15) is 5.56 Å². The predicted molar refractivity (Wildman–Crippen MR) is 92.4 cm³/mol. The highest BCUT2D eigenvalue weighted by atomic mass is 16.5. The topological polar surface area (TPSA) is 87.7 Å². The third-order valence-corrected chi connectivity index (χ3v) is 3.58. The number of benzene rings is 2. The number of hydrogen-bond acceptors (Lipinski definition) is 7. The number of ether oxygens (including phenoxy) is 4. The van der Waals surface area contributed by atoms with E-state index in [9.17, 15) is 0 Å². The molecule has 0 bridgehead atoms. The third-order valence-electron chi connectivity index (χ3n) is 3.58. The summed E-state index contributed by atoms with van der Waals surface area (Å²) >= 11 is 0. The molecule has 0 aliphatic carbocycles. The van der Waals surface area contributed by atoms with Gasteiger partial charge in [-0.1, -0.05) is 0 Å². The monoisotopic (exact) mass is 331 g/mol. The highest BCUT2D eigenvalue weighted by Gasteiger charge is 2.13. The maximum Gasteiger partial charge on any atom is 0.203 e. The van der Waals surface area contributed by atoms with Crippen LogP contribution in [-0.4, -0.2) is 28.4 Å². The Morgan fingerprint density at radius 1 is 0.792 bits per heavy atom. The number of rotatable bonds is 6. The fourth-order valence-electron chi connectivity index (χ4n) is 2.24. The van der Waals surface area contributed by atoms with Gasteiger partial charge >= 0.3 is 0 Å². The van der Waals surface area contributed by atoms with Crippen LogP contribution in [-0.2, 0) is 0 Å². The lowest BCUT2D eigenvalue weighted by Crippen LogP contribution is -1.94. The van der Waals surface area contributed by atoms with E-state index in [0.29, 0.717) is 40.1 Å². The van der Waals surface area contributed by atoms with Crippen molar-refractivity contribution in [3.8, 4) is 23.0 Å². The zero-order valence-electron chi connectivity index (χ0n) is 14.4. The number of azo groups is 1. The molecule has 7 nitrogen and oxygen atoms in total. The zero-order valence-corrected chi connectivity index (χ0v) is 14.4. The van der Waals surface area contributed by atoms with Gasteiger partial charge < -0.3 is 24.7 Å². The van der Waals surface area contributed by atoms with Crippen molar-refractivity contribution in [3.05, 3.63) is 29.8 Å². The van der Waals surface area contributed by atoms with Gasteiger partial charge in [-0.3, -0.25) is 0 Å². The Morgan fingerprint density at radius 2 is 1.38 bits per heavy atom. The average molecular weight is 331 g/mol. The second kappa shape index (κ2) is 7.54. The minimum Gasteiger partial charge on any atom is -0.496 e. The van der Waals surface area contributed by atoms with Gasteiger partial charge in [0.1, 0.15) is 11.4 Å². The van der Waals surface area contributed by atoms with E-state index in [0.717, 1.165) is 5.56 Å². The summed E-state index contributed by atoms with van der Waals surface area (Å²) in [6.07, 6.45) is 0. The van der Waals surface area contributed by atoms with Crippen molar-refractivity contribution < 1.29 is 18.9 Å². The molecule has 0 radical (unpaired) electrons. The van der Waals surface area contributed by atoms with Crippen LogP contribution in [0.4, 0.5) is 17.1 Å². The van der Waals surface area contributed by atoms with E-state index >= 15 is 0 Å². The number of anilines is 1. The summed E-state index contributed by atoms with van der Waals surface area (Å²) in [7, 11) is 6.23. The zero-order chi connectivity index (χ0) is 17.7. The maximum absolute atomic E-state index is 6.08. The number of methoxy groups -OCH3 is 4. The van der Waals surface area contributed by atoms with Gasteiger partial charge in [0.25, 0.3) is 0 Å². The van der Waals surface area contributed by atoms with Crippen molar-refractivity contribution in [2.24, 2.45) is 10.2 Å². The fourth-order valence-corrected chi connectivity index (χ4v) is 2.24. The van der Waals surface area contributed by atoms with Crippen LogP contribution < -0.4 is 24.7 Å². The molecule has 24 heavy (non-hydrogen) atoms. The number of nitrogens with zero attached hydrogens (tertiary/aromatic N) is 2. The maximum atomic E-state index is 6.08. The molecule has 0 saturated heterocycles. The molecule has 0 spiro atoms. The third kappa shape index (κ3) is 3.34. The van der Waals surface area contributed by atoms with Crippen LogP contribution in [0.25, 0.3) is 0 Å². The Kier molecular flexibility index (Phi) is 5.47. The van der Waals surface area contributed by atoms with Crippen molar-refractivity contribution in [1.29, 1.82) is 0 Å². The first kappa shape index (κ1) is 17.4. The number of nitrogen functional groups attached to an aromatic ring is 1. The van der Waals surface area contributed by atoms with Crippen molar-refractivity contribution in [2.45, 2.75) is 6.92 Å². The largest absolute Gasteiger partial charge is 0.496 e. The van der Waals surface area contributed by atoms with Gasteiger partial charge in [0, 0.05) is 17.7 Å². The van der Waals surface area contributed by atoms with E-state index in [-0.39, 0.29) is 0 Å². The fraction of sp³-hybridized carbons (Fsp3) is 0.294. The molecule has 0 amide bonds. The van der Waals surface area contributed by atoms with E-state index in [1.807, 2.05) is 6.92 Å². The molecule has 0 heterocycles. The summed E-state index contributed by atoms with van der Waals surface area (Å²) in [5, 5.41) is 8.43. The molecule has 0 aromatic heterocycles. The molecule has 0 unspecified atom stereocenters. The van der Waals surface area contributed by atoms with E-state index in [4.69, 9.17) is 24.7 Å². The molecule has 2 N–H and O–H groups in total. The second-order valence-corrected chi connectivity index (χ2v) is 4.91. The Hall–Kier alpha value is -2.96. The summed E-state index contributed by atoms with van der Waals surface area (Å²) in [6, 6.07) is 6.97. The van der Waals surface area contributed by atoms with Gasteiger partial charge in [-0.15, -0.1) is 5.11 Å². The van der Waals surface area contributed by atoms with Gasteiger partial charge in [0.15, 0.2) is 11.5 Å². The first-order valence-corrected chi connectivity index (χ1v) is 7.20. The van der Waals surface area contributed by atoms with Gasteiger partial charge in [0.05, 0.1) is 39.8 Å². The highest BCUT2D eigenvalue weighted by Crippen LogP contribution is 2.41. The van der Waals surface area contributed by atoms with Gasteiger partial charge in [-0.25, -0.2) is 0 Å². The lowest BCUT2D eigenvalue weighted by Gasteiger charge is -2.12. The molecular weight excluding hydrogens is 310 g/mol. The van der Waals surface area contributed by atoms with Crippen LogP contribution in [0, 0.1) is 6.92 Å². The second-order valence-electron chi connectivity index (χ2n) is 4.91. The van der Waals surface area contributed by atoms with E-state index in [1.165, 1.54) is 0 Å². The quantitative estimate of drug-likeness (QED) is 0.638. The SMILES string of the molecule is COc1ccc(N=Nc2cc(OC)c(OC)c(OC)c2)c(N)c1C. The summed E-state index contributed by atoms with van der Waals surface area (Å²) in [6.45, 7) is 1.87. The highest BCUT2D eigenvalue weighted by molar-refractivity contribution is 5.70. The molecular formula is C17H21N3O4. The molecule has 0 aliphatic rings.